The third-order valence-corrected chi connectivity index (χ3v) is 3.06. The van der Waals surface area contributed by atoms with Gasteiger partial charge in [0.1, 0.15) is 5.75 Å². The molecule has 21 heavy (non-hydrogen) atoms. The first kappa shape index (κ1) is 15.1. The number of carboxylic acid groups (broad SMARTS) is 1. The van der Waals surface area contributed by atoms with Crippen molar-refractivity contribution >= 4 is 23.6 Å². The average molecular weight is 304 g/mol. The van der Waals surface area contributed by atoms with Gasteiger partial charge in [-0.25, -0.2) is 9.78 Å². The van der Waals surface area contributed by atoms with Crippen molar-refractivity contribution < 1.29 is 14.6 Å². The zero-order chi connectivity index (χ0) is 15.4. The standard InChI is InChI=1S/C16H14ClNO3/c1-10-3-5-13(17)8-14(10)21-16-11(2)7-12(9-18-16)4-6-15(19)20/h3-9H,1-2H3,(H,19,20)/b6-4+. The molecule has 5 heteroatoms. The molecule has 2 rings (SSSR count). The number of hydrogen-bond acceptors (Lipinski definition) is 3. The van der Waals surface area contributed by atoms with Gasteiger partial charge in [-0.3, -0.25) is 0 Å². The molecule has 0 amide bonds. The van der Waals surface area contributed by atoms with E-state index in [2.05, 4.69) is 4.98 Å². The van der Waals surface area contributed by atoms with E-state index in [4.69, 9.17) is 21.4 Å². The van der Waals surface area contributed by atoms with Gasteiger partial charge in [0.2, 0.25) is 5.88 Å². The van der Waals surface area contributed by atoms with Crippen LogP contribution in [0.25, 0.3) is 6.08 Å². The molecule has 1 aromatic heterocycles. The fourth-order valence-electron chi connectivity index (χ4n) is 1.74. The summed E-state index contributed by atoms with van der Waals surface area (Å²) < 4.78 is 5.77. The van der Waals surface area contributed by atoms with E-state index in [9.17, 15) is 4.79 Å². The third kappa shape index (κ3) is 4.07. The fourth-order valence-corrected chi connectivity index (χ4v) is 1.90. The Kier molecular flexibility index (Phi) is 4.60. The molecule has 2 aromatic rings. The summed E-state index contributed by atoms with van der Waals surface area (Å²) in [5.74, 6) is 0.113. The van der Waals surface area contributed by atoms with Crippen molar-refractivity contribution in [3.8, 4) is 11.6 Å². The Hall–Kier alpha value is -2.33. The molecule has 0 aliphatic heterocycles. The number of carbonyl (C=O) groups is 1. The van der Waals surface area contributed by atoms with Gasteiger partial charge >= 0.3 is 5.97 Å². The van der Waals surface area contributed by atoms with Crippen molar-refractivity contribution in [3.05, 3.63) is 58.3 Å². The van der Waals surface area contributed by atoms with Crippen LogP contribution >= 0.6 is 11.6 Å². The molecule has 1 heterocycles. The molecule has 0 fully saturated rings. The molecular weight excluding hydrogens is 290 g/mol. The maximum atomic E-state index is 10.5. The fraction of sp³-hybridized carbons (Fsp3) is 0.125. The van der Waals surface area contributed by atoms with Crippen molar-refractivity contribution in [2.75, 3.05) is 0 Å². The van der Waals surface area contributed by atoms with Crippen LogP contribution in [-0.2, 0) is 4.79 Å². The Labute approximate surface area is 127 Å². The summed E-state index contributed by atoms with van der Waals surface area (Å²) in [4.78, 5) is 14.7. The SMILES string of the molecule is Cc1ccc(Cl)cc1Oc1ncc(/C=C/C(=O)O)cc1C. The van der Waals surface area contributed by atoms with Gasteiger partial charge in [-0.05, 0) is 49.2 Å². The van der Waals surface area contributed by atoms with Crippen LogP contribution in [0.4, 0.5) is 0 Å². The highest BCUT2D eigenvalue weighted by molar-refractivity contribution is 6.30. The van der Waals surface area contributed by atoms with Gasteiger partial charge in [-0.1, -0.05) is 17.7 Å². The lowest BCUT2D eigenvalue weighted by Gasteiger charge is -2.10. The van der Waals surface area contributed by atoms with E-state index in [-0.39, 0.29) is 0 Å². The summed E-state index contributed by atoms with van der Waals surface area (Å²) in [6.07, 6.45) is 4.11. The summed E-state index contributed by atoms with van der Waals surface area (Å²) in [7, 11) is 0. The highest BCUT2D eigenvalue weighted by Crippen LogP contribution is 2.28. The minimum atomic E-state index is -0.998. The normalized spacial score (nSPS) is 10.8. The average Bonchev–Trinajstić information content (AvgIpc) is 2.43. The monoisotopic (exact) mass is 303 g/mol. The minimum absolute atomic E-state index is 0.466. The van der Waals surface area contributed by atoms with Gasteiger partial charge < -0.3 is 9.84 Å². The van der Waals surface area contributed by atoms with Gasteiger partial charge in [-0.2, -0.15) is 0 Å². The van der Waals surface area contributed by atoms with E-state index in [0.717, 1.165) is 17.2 Å². The Morgan fingerprint density at radius 3 is 2.71 bits per heavy atom. The van der Waals surface area contributed by atoms with Crippen LogP contribution in [0, 0.1) is 13.8 Å². The number of hydrogen-bond donors (Lipinski definition) is 1. The van der Waals surface area contributed by atoms with Gasteiger partial charge in [-0.15, -0.1) is 0 Å². The van der Waals surface area contributed by atoms with Crippen LogP contribution in [-0.4, -0.2) is 16.1 Å². The number of aliphatic carboxylic acids is 1. The third-order valence-electron chi connectivity index (χ3n) is 2.83. The smallest absolute Gasteiger partial charge is 0.328 e. The quantitative estimate of drug-likeness (QED) is 0.858. The number of halogens is 1. The van der Waals surface area contributed by atoms with Crippen molar-refractivity contribution in [1.29, 1.82) is 0 Å². The van der Waals surface area contributed by atoms with Crippen LogP contribution < -0.4 is 4.74 Å². The number of ether oxygens (including phenoxy) is 1. The Morgan fingerprint density at radius 2 is 2.05 bits per heavy atom. The maximum Gasteiger partial charge on any atom is 0.328 e. The molecule has 0 saturated carbocycles. The van der Waals surface area contributed by atoms with Crippen molar-refractivity contribution in [2.24, 2.45) is 0 Å². The molecule has 0 unspecified atom stereocenters. The zero-order valence-corrected chi connectivity index (χ0v) is 12.4. The summed E-state index contributed by atoms with van der Waals surface area (Å²) >= 11 is 5.95. The second-order valence-electron chi connectivity index (χ2n) is 4.57. The van der Waals surface area contributed by atoms with E-state index in [0.29, 0.717) is 22.2 Å². The molecular formula is C16H14ClNO3. The van der Waals surface area contributed by atoms with Crippen LogP contribution in [0.3, 0.4) is 0 Å². The highest BCUT2D eigenvalue weighted by Gasteiger charge is 2.07. The summed E-state index contributed by atoms with van der Waals surface area (Å²) in [6, 6.07) is 7.21. The van der Waals surface area contributed by atoms with Crippen LogP contribution in [0.1, 0.15) is 16.7 Å². The van der Waals surface area contributed by atoms with E-state index >= 15 is 0 Å². The molecule has 1 N–H and O–H groups in total. The first-order chi connectivity index (χ1) is 9.95. The van der Waals surface area contributed by atoms with Crippen molar-refractivity contribution in [1.82, 2.24) is 4.98 Å². The first-order valence-electron chi connectivity index (χ1n) is 6.27. The predicted octanol–water partition coefficient (Wildman–Crippen LogP) is 4.24. The Balaban J connectivity index is 2.25. The van der Waals surface area contributed by atoms with Crippen molar-refractivity contribution in [2.45, 2.75) is 13.8 Å². The molecule has 0 atom stereocenters. The number of aryl methyl sites for hydroxylation is 2. The second-order valence-corrected chi connectivity index (χ2v) is 5.01. The minimum Gasteiger partial charge on any atom is -0.478 e. The molecule has 0 saturated heterocycles. The first-order valence-corrected chi connectivity index (χ1v) is 6.65. The van der Waals surface area contributed by atoms with Crippen LogP contribution in [0.5, 0.6) is 11.6 Å². The molecule has 4 nitrogen and oxygen atoms in total. The molecule has 1 aromatic carbocycles. The Morgan fingerprint density at radius 1 is 1.29 bits per heavy atom. The summed E-state index contributed by atoms with van der Waals surface area (Å²) in [5.41, 5.74) is 2.46. The second kappa shape index (κ2) is 6.41. The lowest BCUT2D eigenvalue weighted by atomic mass is 10.2. The van der Waals surface area contributed by atoms with Gasteiger partial charge in [0.05, 0.1) is 0 Å². The molecule has 0 spiro atoms. The molecule has 0 aliphatic carbocycles. The van der Waals surface area contributed by atoms with Gasteiger partial charge in [0.15, 0.2) is 0 Å². The maximum absolute atomic E-state index is 10.5. The number of pyridine rings is 1. The van der Waals surface area contributed by atoms with Gasteiger partial charge in [0, 0.05) is 22.9 Å². The molecule has 0 aliphatic rings. The van der Waals surface area contributed by atoms with E-state index < -0.39 is 5.97 Å². The van der Waals surface area contributed by atoms with Crippen LogP contribution in [0.15, 0.2) is 36.5 Å². The number of benzene rings is 1. The highest BCUT2D eigenvalue weighted by atomic mass is 35.5. The van der Waals surface area contributed by atoms with E-state index in [1.165, 1.54) is 6.08 Å². The zero-order valence-electron chi connectivity index (χ0n) is 11.6. The lowest BCUT2D eigenvalue weighted by Crippen LogP contribution is -1.94. The lowest BCUT2D eigenvalue weighted by molar-refractivity contribution is -0.131. The molecule has 108 valence electrons. The number of carboxylic acids is 1. The summed E-state index contributed by atoms with van der Waals surface area (Å²) in [6.45, 7) is 3.77. The summed E-state index contributed by atoms with van der Waals surface area (Å²) in [5, 5.41) is 9.20. The van der Waals surface area contributed by atoms with Crippen LogP contribution in [0.2, 0.25) is 5.02 Å². The van der Waals surface area contributed by atoms with E-state index in [1.807, 2.05) is 26.0 Å². The van der Waals surface area contributed by atoms with Gasteiger partial charge in [0.25, 0.3) is 0 Å². The number of rotatable bonds is 4. The molecule has 0 radical (unpaired) electrons. The Bertz CT molecular complexity index is 711. The number of aromatic nitrogens is 1. The molecule has 0 bridgehead atoms. The topological polar surface area (TPSA) is 59.4 Å². The predicted molar refractivity (Wildman–Crippen MR) is 81.9 cm³/mol. The van der Waals surface area contributed by atoms with E-state index in [1.54, 1.807) is 18.3 Å². The largest absolute Gasteiger partial charge is 0.478 e. The van der Waals surface area contributed by atoms with Crippen molar-refractivity contribution in [3.63, 3.8) is 0 Å². The number of nitrogens with zero attached hydrogens (tertiary/aromatic N) is 1.